The van der Waals surface area contributed by atoms with Gasteiger partial charge in [0.25, 0.3) is 5.91 Å². The molecule has 4 aromatic rings. The van der Waals surface area contributed by atoms with E-state index in [2.05, 4.69) is 20.6 Å². The Morgan fingerprint density at radius 2 is 1.84 bits per heavy atom. The molecule has 0 bridgehead atoms. The van der Waals surface area contributed by atoms with Crippen molar-refractivity contribution in [3.8, 4) is 28.8 Å². The highest BCUT2D eigenvalue weighted by molar-refractivity contribution is 5.94. The molecule has 0 unspecified atom stereocenters. The van der Waals surface area contributed by atoms with E-state index in [1.165, 1.54) is 0 Å². The van der Waals surface area contributed by atoms with E-state index in [1.54, 1.807) is 48.0 Å². The summed E-state index contributed by atoms with van der Waals surface area (Å²) in [7, 11) is 1.61. The first kappa shape index (κ1) is 21.1. The average molecular weight is 433 g/mol. The van der Waals surface area contributed by atoms with Crippen LogP contribution in [0.1, 0.15) is 17.3 Å². The molecule has 0 saturated carbocycles. The normalized spacial score (nSPS) is 10.7. The van der Waals surface area contributed by atoms with E-state index in [0.717, 1.165) is 17.1 Å². The molecule has 2 aromatic heterocycles. The number of amides is 1. The molecule has 0 aliphatic carbocycles. The zero-order valence-electron chi connectivity index (χ0n) is 17.8. The Balaban J connectivity index is 1.37. The third-order valence-electron chi connectivity index (χ3n) is 4.63. The average Bonchev–Trinajstić information content (AvgIpc) is 3.26. The molecule has 0 atom stereocenters. The molecule has 1 amide bonds. The number of ether oxygens (including phenoxy) is 3. The number of benzene rings is 2. The predicted octanol–water partition coefficient (Wildman–Crippen LogP) is 3.01. The number of carbonyl (C=O) groups is 1. The van der Waals surface area contributed by atoms with Gasteiger partial charge in [0.2, 0.25) is 5.88 Å². The van der Waals surface area contributed by atoms with Crippen LogP contribution in [0, 0.1) is 0 Å². The molecule has 9 nitrogen and oxygen atoms in total. The monoisotopic (exact) mass is 433 g/mol. The van der Waals surface area contributed by atoms with Gasteiger partial charge < -0.3 is 19.5 Å². The first-order valence-corrected chi connectivity index (χ1v) is 10.2. The van der Waals surface area contributed by atoms with Crippen LogP contribution in [0.4, 0.5) is 0 Å². The van der Waals surface area contributed by atoms with E-state index in [4.69, 9.17) is 14.2 Å². The van der Waals surface area contributed by atoms with Gasteiger partial charge in [0, 0.05) is 17.2 Å². The van der Waals surface area contributed by atoms with Crippen molar-refractivity contribution < 1.29 is 19.0 Å². The largest absolute Gasteiger partial charge is 0.497 e. The quantitative estimate of drug-likeness (QED) is 0.405. The minimum Gasteiger partial charge on any atom is -0.497 e. The Hall–Kier alpha value is -4.14. The zero-order chi connectivity index (χ0) is 22.3. The molecule has 0 saturated heterocycles. The lowest BCUT2D eigenvalue weighted by atomic mass is 10.2. The van der Waals surface area contributed by atoms with Gasteiger partial charge in [0.1, 0.15) is 18.1 Å². The van der Waals surface area contributed by atoms with Crippen LogP contribution in [0.2, 0.25) is 0 Å². The molecule has 4 rings (SSSR count). The highest BCUT2D eigenvalue weighted by Gasteiger charge is 2.11. The molecular formula is C23H23N5O4. The predicted molar refractivity (Wildman–Crippen MR) is 118 cm³/mol. The highest BCUT2D eigenvalue weighted by Crippen LogP contribution is 2.23. The first-order valence-electron chi connectivity index (χ1n) is 10.2. The molecule has 9 heteroatoms. The molecule has 2 heterocycles. The summed E-state index contributed by atoms with van der Waals surface area (Å²) in [5.41, 5.74) is 1.98. The SMILES string of the molecule is CCOc1ccc(C(=O)NCCOc2ccc3nnc(-c4cccc(OC)c4)n3n2)cc1. The number of nitrogens with zero attached hydrogens (tertiary/aromatic N) is 4. The number of rotatable bonds is 9. The first-order chi connectivity index (χ1) is 15.7. The third-order valence-corrected chi connectivity index (χ3v) is 4.63. The second-order valence-corrected chi connectivity index (χ2v) is 6.76. The maximum absolute atomic E-state index is 12.3. The fourth-order valence-corrected chi connectivity index (χ4v) is 3.08. The maximum Gasteiger partial charge on any atom is 0.251 e. The van der Waals surface area contributed by atoms with Crippen molar-refractivity contribution in [2.75, 3.05) is 26.9 Å². The van der Waals surface area contributed by atoms with Crippen molar-refractivity contribution in [2.45, 2.75) is 6.92 Å². The smallest absolute Gasteiger partial charge is 0.251 e. The van der Waals surface area contributed by atoms with Gasteiger partial charge >= 0.3 is 0 Å². The number of aromatic nitrogens is 4. The molecule has 32 heavy (non-hydrogen) atoms. The summed E-state index contributed by atoms with van der Waals surface area (Å²) in [6.07, 6.45) is 0. The molecule has 2 aromatic carbocycles. The Morgan fingerprint density at radius 3 is 2.62 bits per heavy atom. The van der Waals surface area contributed by atoms with Crippen LogP contribution >= 0.6 is 0 Å². The number of hydrogen-bond acceptors (Lipinski definition) is 7. The molecule has 1 N–H and O–H groups in total. The minimum atomic E-state index is -0.181. The van der Waals surface area contributed by atoms with Crippen LogP contribution < -0.4 is 19.5 Å². The van der Waals surface area contributed by atoms with Crippen molar-refractivity contribution in [3.63, 3.8) is 0 Å². The lowest BCUT2D eigenvalue weighted by Crippen LogP contribution is -2.28. The molecule has 0 radical (unpaired) electrons. The van der Waals surface area contributed by atoms with E-state index in [9.17, 15) is 4.79 Å². The Morgan fingerprint density at radius 1 is 1.00 bits per heavy atom. The Labute approximate surface area is 185 Å². The zero-order valence-corrected chi connectivity index (χ0v) is 17.8. The van der Waals surface area contributed by atoms with Crippen LogP contribution in [0.25, 0.3) is 17.0 Å². The summed E-state index contributed by atoms with van der Waals surface area (Å²) < 4.78 is 18.0. The number of carbonyl (C=O) groups excluding carboxylic acids is 1. The van der Waals surface area contributed by atoms with Crippen LogP contribution in [0.5, 0.6) is 17.4 Å². The van der Waals surface area contributed by atoms with Crippen LogP contribution in [-0.2, 0) is 0 Å². The second-order valence-electron chi connectivity index (χ2n) is 6.76. The van der Waals surface area contributed by atoms with Gasteiger partial charge in [-0.2, -0.15) is 4.52 Å². The van der Waals surface area contributed by atoms with Crippen molar-refractivity contribution in [2.24, 2.45) is 0 Å². The number of fused-ring (bicyclic) bond motifs is 1. The highest BCUT2D eigenvalue weighted by atomic mass is 16.5. The van der Waals surface area contributed by atoms with E-state index in [-0.39, 0.29) is 12.5 Å². The third kappa shape index (κ3) is 4.77. The molecule has 164 valence electrons. The summed E-state index contributed by atoms with van der Waals surface area (Å²) in [4.78, 5) is 12.3. The topological polar surface area (TPSA) is 99.9 Å². The molecule has 0 fully saturated rings. The summed E-state index contributed by atoms with van der Waals surface area (Å²) in [5, 5.41) is 15.7. The lowest BCUT2D eigenvalue weighted by Gasteiger charge is -2.08. The van der Waals surface area contributed by atoms with Gasteiger partial charge in [-0.1, -0.05) is 12.1 Å². The molecule has 0 aliphatic rings. The number of nitrogens with one attached hydrogen (secondary N) is 1. The van der Waals surface area contributed by atoms with Crippen molar-refractivity contribution in [3.05, 3.63) is 66.2 Å². The molecule has 0 aliphatic heterocycles. The summed E-state index contributed by atoms with van der Waals surface area (Å²) in [6.45, 7) is 3.09. The van der Waals surface area contributed by atoms with Gasteiger partial charge in [-0.05, 0) is 49.4 Å². The van der Waals surface area contributed by atoms with Gasteiger partial charge in [0.05, 0.1) is 20.3 Å². The van der Waals surface area contributed by atoms with E-state index in [0.29, 0.717) is 36.1 Å². The fourth-order valence-electron chi connectivity index (χ4n) is 3.08. The van der Waals surface area contributed by atoms with E-state index >= 15 is 0 Å². The number of methoxy groups -OCH3 is 1. The van der Waals surface area contributed by atoms with Gasteiger partial charge in [-0.25, -0.2) is 0 Å². The fraction of sp³-hybridized carbons (Fsp3) is 0.217. The Kier molecular flexibility index (Phi) is 6.45. The van der Waals surface area contributed by atoms with E-state index < -0.39 is 0 Å². The standard InChI is InChI=1S/C23H23N5O4/c1-3-31-18-9-7-16(8-10-18)23(29)24-13-14-32-21-12-11-20-25-26-22(28(20)27-21)17-5-4-6-19(15-17)30-2/h4-12,15H,3,13-14H2,1-2H3,(H,24,29). The molecular weight excluding hydrogens is 410 g/mol. The lowest BCUT2D eigenvalue weighted by molar-refractivity contribution is 0.0946. The summed E-state index contributed by atoms with van der Waals surface area (Å²) in [6, 6.07) is 18.0. The van der Waals surface area contributed by atoms with Crippen molar-refractivity contribution in [1.82, 2.24) is 25.1 Å². The van der Waals surface area contributed by atoms with Gasteiger partial charge in [0.15, 0.2) is 11.5 Å². The van der Waals surface area contributed by atoms with Crippen molar-refractivity contribution in [1.29, 1.82) is 0 Å². The number of hydrogen-bond donors (Lipinski definition) is 1. The van der Waals surface area contributed by atoms with Crippen LogP contribution in [0.3, 0.4) is 0 Å². The van der Waals surface area contributed by atoms with Crippen molar-refractivity contribution >= 4 is 11.6 Å². The van der Waals surface area contributed by atoms with Crippen LogP contribution in [-0.4, -0.2) is 52.6 Å². The Bertz CT molecular complexity index is 1210. The second kappa shape index (κ2) is 9.78. The van der Waals surface area contributed by atoms with Gasteiger partial charge in [-0.3, -0.25) is 4.79 Å². The molecule has 0 spiro atoms. The van der Waals surface area contributed by atoms with Crippen LogP contribution in [0.15, 0.2) is 60.7 Å². The van der Waals surface area contributed by atoms with Gasteiger partial charge in [-0.15, -0.1) is 15.3 Å². The minimum absolute atomic E-state index is 0.181. The summed E-state index contributed by atoms with van der Waals surface area (Å²) >= 11 is 0. The summed E-state index contributed by atoms with van der Waals surface area (Å²) in [5.74, 6) is 2.25. The van der Waals surface area contributed by atoms with E-state index in [1.807, 2.05) is 31.2 Å². The maximum atomic E-state index is 12.3.